The van der Waals surface area contributed by atoms with Crippen molar-refractivity contribution in [2.75, 3.05) is 33.7 Å². The molecule has 0 fully saturated rings. The number of likely N-dealkylation sites (N-methyl/N-ethyl adjacent to an activating group) is 1. The van der Waals surface area contributed by atoms with Crippen LogP contribution in [0.1, 0.15) is 39.5 Å². The van der Waals surface area contributed by atoms with Gasteiger partial charge in [-0.3, -0.25) is 5.32 Å². The molecule has 2 N–H and O–H groups in total. The van der Waals surface area contributed by atoms with Gasteiger partial charge in [-0.2, -0.15) is 0 Å². The van der Waals surface area contributed by atoms with Gasteiger partial charge in [0.15, 0.2) is 6.23 Å². The summed E-state index contributed by atoms with van der Waals surface area (Å²) in [7, 11) is 4.33. The standard InChI is InChI=1S/C12H29N2O/c1-5-7-8-9-13-12(15)11-14(3,4)10-6-2/h12-13,15H,5-11H2,1-4H3/q+1. The number of aliphatic hydroxyl groups is 1. The van der Waals surface area contributed by atoms with E-state index in [0.717, 1.165) is 37.0 Å². The zero-order valence-corrected chi connectivity index (χ0v) is 10.9. The van der Waals surface area contributed by atoms with Gasteiger partial charge in [0.05, 0.1) is 20.6 Å². The topological polar surface area (TPSA) is 32.3 Å². The zero-order chi connectivity index (χ0) is 11.7. The van der Waals surface area contributed by atoms with Crippen LogP contribution in [-0.4, -0.2) is 49.5 Å². The highest BCUT2D eigenvalue weighted by Gasteiger charge is 2.18. The number of aliphatic hydroxyl groups excluding tert-OH is 1. The summed E-state index contributed by atoms with van der Waals surface area (Å²) >= 11 is 0. The summed E-state index contributed by atoms with van der Waals surface area (Å²) in [4.78, 5) is 0. The van der Waals surface area contributed by atoms with Crippen LogP contribution >= 0.6 is 0 Å². The Bertz CT molecular complexity index is 149. The Labute approximate surface area is 95.1 Å². The summed E-state index contributed by atoms with van der Waals surface area (Å²) in [5, 5.41) is 13.0. The molecule has 15 heavy (non-hydrogen) atoms. The summed E-state index contributed by atoms with van der Waals surface area (Å²) in [5.41, 5.74) is 0. The monoisotopic (exact) mass is 217 g/mol. The second-order valence-electron chi connectivity index (χ2n) is 5.02. The zero-order valence-electron chi connectivity index (χ0n) is 10.9. The number of quaternary nitrogens is 1. The number of unbranched alkanes of at least 4 members (excludes halogenated alkanes) is 2. The molecule has 3 heteroatoms. The average Bonchev–Trinajstić information content (AvgIpc) is 2.11. The van der Waals surface area contributed by atoms with Crippen molar-refractivity contribution in [2.45, 2.75) is 45.8 Å². The van der Waals surface area contributed by atoms with Gasteiger partial charge in [-0.05, 0) is 19.4 Å². The van der Waals surface area contributed by atoms with Crippen LogP contribution in [0.5, 0.6) is 0 Å². The first kappa shape index (κ1) is 14.9. The highest BCUT2D eigenvalue weighted by molar-refractivity contribution is 4.53. The lowest BCUT2D eigenvalue weighted by molar-refractivity contribution is -0.893. The molecule has 0 rings (SSSR count). The molecule has 1 atom stereocenters. The molecule has 0 aromatic carbocycles. The number of nitrogens with zero attached hydrogens (tertiary/aromatic N) is 1. The van der Waals surface area contributed by atoms with Gasteiger partial charge in [-0.25, -0.2) is 0 Å². The van der Waals surface area contributed by atoms with Crippen molar-refractivity contribution >= 4 is 0 Å². The van der Waals surface area contributed by atoms with Crippen molar-refractivity contribution in [1.82, 2.24) is 5.32 Å². The molecular weight excluding hydrogens is 188 g/mol. The van der Waals surface area contributed by atoms with E-state index in [4.69, 9.17) is 0 Å². The van der Waals surface area contributed by atoms with Crippen LogP contribution in [0.15, 0.2) is 0 Å². The minimum atomic E-state index is -0.358. The Morgan fingerprint density at radius 2 is 1.80 bits per heavy atom. The Morgan fingerprint density at radius 3 is 2.33 bits per heavy atom. The first-order valence-corrected chi connectivity index (χ1v) is 6.25. The predicted octanol–water partition coefficient (Wildman–Crippen LogP) is 1.57. The lowest BCUT2D eigenvalue weighted by Gasteiger charge is -2.31. The SMILES string of the molecule is CCCCCNC(O)C[N+](C)(C)CCC. The largest absolute Gasteiger partial charge is 0.373 e. The third-order valence-electron chi connectivity index (χ3n) is 2.66. The van der Waals surface area contributed by atoms with Gasteiger partial charge >= 0.3 is 0 Å². The van der Waals surface area contributed by atoms with Crippen molar-refractivity contribution < 1.29 is 9.59 Å². The fourth-order valence-corrected chi connectivity index (χ4v) is 1.87. The first-order valence-electron chi connectivity index (χ1n) is 6.25. The van der Waals surface area contributed by atoms with Gasteiger partial charge in [-0.1, -0.05) is 26.7 Å². The summed E-state index contributed by atoms with van der Waals surface area (Å²) in [6.45, 7) is 7.22. The van der Waals surface area contributed by atoms with E-state index in [1.54, 1.807) is 0 Å². The molecular formula is C12H29N2O+. The predicted molar refractivity (Wildman–Crippen MR) is 65.7 cm³/mol. The van der Waals surface area contributed by atoms with Gasteiger partial charge in [-0.15, -0.1) is 0 Å². The van der Waals surface area contributed by atoms with Crippen molar-refractivity contribution in [3.63, 3.8) is 0 Å². The maximum atomic E-state index is 9.78. The van der Waals surface area contributed by atoms with Crippen molar-refractivity contribution in [2.24, 2.45) is 0 Å². The molecule has 0 radical (unpaired) electrons. The number of hydrogen-bond donors (Lipinski definition) is 2. The van der Waals surface area contributed by atoms with Crippen LogP contribution < -0.4 is 5.32 Å². The summed E-state index contributed by atoms with van der Waals surface area (Å²) in [6, 6.07) is 0. The molecule has 0 saturated carbocycles. The molecule has 0 aromatic heterocycles. The fourth-order valence-electron chi connectivity index (χ4n) is 1.87. The van der Waals surface area contributed by atoms with Crippen LogP contribution in [0.2, 0.25) is 0 Å². The van der Waals surface area contributed by atoms with E-state index in [2.05, 4.69) is 33.3 Å². The van der Waals surface area contributed by atoms with Crippen LogP contribution in [0.25, 0.3) is 0 Å². The van der Waals surface area contributed by atoms with E-state index in [0.29, 0.717) is 0 Å². The van der Waals surface area contributed by atoms with E-state index < -0.39 is 0 Å². The quantitative estimate of drug-likeness (QED) is 0.349. The van der Waals surface area contributed by atoms with Crippen LogP contribution in [0, 0.1) is 0 Å². The first-order chi connectivity index (χ1) is 7.02. The van der Waals surface area contributed by atoms with E-state index in [-0.39, 0.29) is 6.23 Å². The Morgan fingerprint density at radius 1 is 1.13 bits per heavy atom. The molecule has 0 aromatic rings. The van der Waals surface area contributed by atoms with Crippen molar-refractivity contribution in [3.05, 3.63) is 0 Å². The smallest absolute Gasteiger partial charge is 0.154 e. The number of rotatable bonds is 9. The number of hydrogen-bond acceptors (Lipinski definition) is 2. The molecule has 0 heterocycles. The molecule has 0 saturated heterocycles. The van der Waals surface area contributed by atoms with Crippen LogP contribution in [0.3, 0.4) is 0 Å². The van der Waals surface area contributed by atoms with Crippen LogP contribution in [0.4, 0.5) is 0 Å². The number of nitrogens with one attached hydrogen (secondary N) is 1. The van der Waals surface area contributed by atoms with E-state index in [1.165, 1.54) is 12.8 Å². The fraction of sp³-hybridized carbons (Fsp3) is 1.00. The molecule has 3 nitrogen and oxygen atoms in total. The van der Waals surface area contributed by atoms with Gasteiger partial charge < -0.3 is 9.59 Å². The Hall–Kier alpha value is -0.120. The molecule has 0 aliphatic carbocycles. The minimum absolute atomic E-state index is 0.358. The Balaban J connectivity index is 3.58. The normalized spacial score (nSPS) is 14.2. The van der Waals surface area contributed by atoms with E-state index >= 15 is 0 Å². The summed E-state index contributed by atoms with van der Waals surface area (Å²) in [5.74, 6) is 0. The molecule has 92 valence electrons. The third-order valence-corrected chi connectivity index (χ3v) is 2.66. The van der Waals surface area contributed by atoms with Gasteiger partial charge in [0.1, 0.15) is 6.54 Å². The lowest BCUT2D eigenvalue weighted by Crippen LogP contribution is -2.50. The summed E-state index contributed by atoms with van der Waals surface area (Å²) in [6.07, 6.45) is 4.44. The average molecular weight is 217 g/mol. The second-order valence-corrected chi connectivity index (χ2v) is 5.02. The lowest BCUT2D eigenvalue weighted by atomic mass is 10.2. The third kappa shape index (κ3) is 8.85. The molecule has 0 amide bonds. The molecule has 0 spiro atoms. The van der Waals surface area contributed by atoms with Crippen molar-refractivity contribution in [3.8, 4) is 0 Å². The van der Waals surface area contributed by atoms with E-state index in [1.807, 2.05) is 0 Å². The molecule has 0 aliphatic rings. The van der Waals surface area contributed by atoms with Gasteiger partial charge in [0.2, 0.25) is 0 Å². The van der Waals surface area contributed by atoms with Crippen LogP contribution in [-0.2, 0) is 0 Å². The van der Waals surface area contributed by atoms with Gasteiger partial charge in [0.25, 0.3) is 0 Å². The van der Waals surface area contributed by atoms with E-state index in [9.17, 15) is 5.11 Å². The molecule has 0 aliphatic heterocycles. The Kier molecular flexibility index (Phi) is 8.02. The van der Waals surface area contributed by atoms with Crippen molar-refractivity contribution in [1.29, 1.82) is 0 Å². The van der Waals surface area contributed by atoms with Gasteiger partial charge in [0, 0.05) is 0 Å². The highest BCUT2D eigenvalue weighted by atomic mass is 16.3. The second kappa shape index (κ2) is 8.08. The molecule has 1 unspecified atom stereocenters. The maximum Gasteiger partial charge on any atom is 0.154 e. The highest BCUT2D eigenvalue weighted by Crippen LogP contribution is 2.00. The summed E-state index contributed by atoms with van der Waals surface area (Å²) < 4.78 is 0.887. The minimum Gasteiger partial charge on any atom is -0.373 e. The molecule has 0 bridgehead atoms. The maximum absolute atomic E-state index is 9.78.